The minimum Gasteiger partial charge on any atom is -0.481 e. The minimum absolute atomic E-state index is 0.0467. The number of nitrogens with zero attached hydrogens (tertiary/aromatic N) is 1. The number of carbonyl (C=O) groups excluding carboxylic acids is 1. The van der Waals surface area contributed by atoms with Gasteiger partial charge in [-0.25, -0.2) is 9.78 Å². The predicted molar refractivity (Wildman–Crippen MR) is 73.5 cm³/mol. The Morgan fingerprint density at radius 3 is 3.00 bits per heavy atom. The molecule has 2 aromatic rings. The maximum absolute atomic E-state index is 11.5. The molecule has 0 fully saturated rings. The van der Waals surface area contributed by atoms with E-state index in [-0.39, 0.29) is 12.5 Å². The minimum atomic E-state index is -0.865. The van der Waals surface area contributed by atoms with Gasteiger partial charge in [-0.1, -0.05) is 0 Å². The summed E-state index contributed by atoms with van der Waals surface area (Å²) >= 11 is 1.54. The number of benzene rings is 1. The van der Waals surface area contributed by atoms with Gasteiger partial charge in [0.25, 0.3) is 0 Å². The number of hydrogen-bond donors (Lipinski definition) is 3. The molecule has 19 heavy (non-hydrogen) atoms. The Morgan fingerprint density at radius 1 is 1.37 bits per heavy atom. The molecule has 0 saturated heterocycles. The summed E-state index contributed by atoms with van der Waals surface area (Å²) in [6.45, 7) is 0.330. The maximum atomic E-state index is 11.5. The zero-order chi connectivity index (χ0) is 13.7. The van der Waals surface area contributed by atoms with Crippen LogP contribution < -0.4 is 10.6 Å². The molecule has 2 amide bonds. The predicted octanol–water partition coefficient (Wildman–Crippen LogP) is 2.28. The molecule has 1 aromatic carbocycles. The van der Waals surface area contributed by atoms with Crippen LogP contribution in [-0.4, -0.2) is 28.6 Å². The van der Waals surface area contributed by atoms with E-state index in [0.717, 1.165) is 10.2 Å². The number of nitrogens with one attached hydrogen (secondary N) is 2. The molecule has 0 aliphatic carbocycles. The lowest BCUT2D eigenvalue weighted by Crippen LogP contribution is -2.29. The highest BCUT2D eigenvalue weighted by molar-refractivity contribution is 7.16. The second-order valence-corrected chi connectivity index (χ2v) is 4.80. The fourth-order valence-electron chi connectivity index (χ4n) is 1.55. The molecule has 1 heterocycles. The van der Waals surface area contributed by atoms with Crippen molar-refractivity contribution in [3.05, 3.63) is 23.7 Å². The van der Waals surface area contributed by atoms with E-state index in [0.29, 0.717) is 18.7 Å². The zero-order valence-corrected chi connectivity index (χ0v) is 10.9. The Kier molecular flexibility index (Phi) is 4.30. The van der Waals surface area contributed by atoms with Gasteiger partial charge in [-0.3, -0.25) is 4.79 Å². The molecule has 6 nitrogen and oxygen atoms in total. The molecule has 0 atom stereocenters. The number of urea groups is 1. The third-order valence-corrected chi connectivity index (χ3v) is 3.25. The quantitative estimate of drug-likeness (QED) is 0.732. The molecular formula is C12H13N3O3S. The number of fused-ring (bicyclic) bond motifs is 1. The van der Waals surface area contributed by atoms with Gasteiger partial charge in [0, 0.05) is 18.7 Å². The average molecular weight is 279 g/mol. The Balaban J connectivity index is 1.82. The van der Waals surface area contributed by atoms with Crippen molar-refractivity contribution in [3.8, 4) is 0 Å². The van der Waals surface area contributed by atoms with Crippen LogP contribution in [0.1, 0.15) is 12.8 Å². The Labute approximate surface area is 113 Å². The van der Waals surface area contributed by atoms with E-state index < -0.39 is 5.97 Å². The summed E-state index contributed by atoms with van der Waals surface area (Å²) in [5.41, 5.74) is 3.25. The van der Waals surface area contributed by atoms with Crippen molar-refractivity contribution in [2.75, 3.05) is 11.9 Å². The largest absolute Gasteiger partial charge is 0.481 e. The van der Waals surface area contributed by atoms with E-state index in [2.05, 4.69) is 15.6 Å². The molecule has 2 rings (SSSR count). The summed E-state index contributed by atoms with van der Waals surface area (Å²) < 4.78 is 1.06. The number of carboxylic acid groups (broad SMARTS) is 1. The van der Waals surface area contributed by atoms with Crippen LogP contribution in [0.5, 0.6) is 0 Å². The molecular weight excluding hydrogens is 266 g/mol. The lowest BCUT2D eigenvalue weighted by molar-refractivity contribution is -0.137. The number of aromatic nitrogens is 1. The second kappa shape index (κ2) is 6.14. The lowest BCUT2D eigenvalue weighted by Gasteiger charge is -2.06. The number of hydrogen-bond acceptors (Lipinski definition) is 4. The van der Waals surface area contributed by atoms with Gasteiger partial charge in [-0.2, -0.15) is 0 Å². The van der Waals surface area contributed by atoms with Gasteiger partial charge in [0.05, 0.1) is 15.7 Å². The topological polar surface area (TPSA) is 91.3 Å². The van der Waals surface area contributed by atoms with E-state index >= 15 is 0 Å². The van der Waals surface area contributed by atoms with Crippen molar-refractivity contribution >= 4 is 39.2 Å². The first kappa shape index (κ1) is 13.3. The van der Waals surface area contributed by atoms with Crippen molar-refractivity contribution < 1.29 is 14.7 Å². The van der Waals surface area contributed by atoms with Crippen molar-refractivity contribution in [2.24, 2.45) is 0 Å². The van der Waals surface area contributed by atoms with Crippen LogP contribution in [0.25, 0.3) is 10.2 Å². The van der Waals surface area contributed by atoms with Crippen molar-refractivity contribution in [1.82, 2.24) is 10.3 Å². The molecule has 0 aliphatic rings. The molecule has 0 radical (unpaired) electrons. The molecule has 7 heteroatoms. The maximum Gasteiger partial charge on any atom is 0.319 e. The third kappa shape index (κ3) is 3.92. The molecule has 0 unspecified atom stereocenters. The van der Waals surface area contributed by atoms with Crippen LogP contribution >= 0.6 is 11.3 Å². The number of aliphatic carboxylic acids is 1. The molecule has 100 valence electrons. The number of rotatable bonds is 5. The number of amides is 2. The van der Waals surface area contributed by atoms with Crippen LogP contribution in [0.4, 0.5) is 10.5 Å². The van der Waals surface area contributed by atoms with Gasteiger partial charge in [0.15, 0.2) is 0 Å². The molecule has 0 spiro atoms. The van der Waals surface area contributed by atoms with Crippen molar-refractivity contribution in [1.29, 1.82) is 0 Å². The first-order chi connectivity index (χ1) is 9.15. The first-order valence-electron chi connectivity index (χ1n) is 5.75. The second-order valence-electron chi connectivity index (χ2n) is 3.91. The normalized spacial score (nSPS) is 10.3. The van der Waals surface area contributed by atoms with Crippen LogP contribution in [0.2, 0.25) is 0 Å². The van der Waals surface area contributed by atoms with Crippen LogP contribution in [0.15, 0.2) is 23.7 Å². The molecule has 0 saturated carbocycles. The molecule has 0 bridgehead atoms. The number of carboxylic acids is 1. The highest BCUT2D eigenvalue weighted by Gasteiger charge is 2.04. The van der Waals surface area contributed by atoms with Crippen molar-refractivity contribution in [2.45, 2.75) is 12.8 Å². The lowest BCUT2D eigenvalue weighted by atomic mass is 10.3. The summed E-state index contributed by atoms with van der Waals surface area (Å²) in [6, 6.07) is 5.15. The summed E-state index contributed by atoms with van der Waals surface area (Å²) in [4.78, 5) is 26.0. The van der Waals surface area contributed by atoms with E-state index in [1.807, 2.05) is 6.07 Å². The van der Waals surface area contributed by atoms with Gasteiger partial charge in [0.2, 0.25) is 0 Å². The summed E-state index contributed by atoms with van der Waals surface area (Å²) in [7, 11) is 0. The fourth-order valence-corrected chi connectivity index (χ4v) is 2.21. The third-order valence-electron chi connectivity index (χ3n) is 2.44. The summed E-state index contributed by atoms with van der Waals surface area (Å²) in [5.74, 6) is -0.865. The van der Waals surface area contributed by atoms with Gasteiger partial charge < -0.3 is 15.7 Å². The summed E-state index contributed by atoms with van der Waals surface area (Å²) in [6.07, 6.45) is 0.457. The number of thiazole rings is 1. The van der Waals surface area contributed by atoms with E-state index in [9.17, 15) is 9.59 Å². The molecule has 3 N–H and O–H groups in total. The van der Waals surface area contributed by atoms with Crippen LogP contribution in [-0.2, 0) is 4.79 Å². The van der Waals surface area contributed by atoms with Gasteiger partial charge in [0.1, 0.15) is 0 Å². The Bertz CT molecular complexity index is 597. The number of anilines is 1. The highest BCUT2D eigenvalue weighted by Crippen LogP contribution is 2.21. The Hall–Kier alpha value is -2.15. The zero-order valence-electron chi connectivity index (χ0n) is 10.0. The van der Waals surface area contributed by atoms with E-state index in [4.69, 9.17) is 5.11 Å². The van der Waals surface area contributed by atoms with E-state index in [1.54, 1.807) is 17.6 Å². The standard InChI is InChI=1S/C12H13N3O3S/c16-11(17)2-1-5-13-12(18)15-8-3-4-10-9(6-8)14-7-19-10/h3-4,6-7H,1-2,5H2,(H,16,17)(H2,13,15,18). The monoisotopic (exact) mass is 279 g/mol. The van der Waals surface area contributed by atoms with Crippen LogP contribution in [0, 0.1) is 0 Å². The highest BCUT2D eigenvalue weighted by atomic mass is 32.1. The van der Waals surface area contributed by atoms with Crippen LogP contribution in [0.3, 0.4) is 0 Å². The first-order valence-corrected chi connectivity index (χ1v) is 6.63. The SMILES string of the molecule is O=C(O)CCCNC(=O)Nc1ccc2scnc2c1. The summed E-state index contributed by atoms with van der Waals surface area (Å²) in [5, 5.41) is 13.7. The molecule has 0 aliphatic heterocycles. The Morgan fingerprint density at radius 2 is 2.21 bits per heavy atom. The average Bonchev–Trinajstić information content (AvgIpc) is 2.82. The van der Waals surface area contributed by atoms with E-state index in [1.165, 1.54) is 11.3 Å². The van der Waals surface area contributed by atoms with Gasteiger partial charge in [-0.05, 0) is 24.6 Å². The molecule has 1 aromatic heterocycles. The number of carbonyl (C=O) groups is 2. The fraction of sp³-hybridized carbons (Fsp3) is 0.250. The van der Waals surface area contributed by atoms with Gasteiger partial charge in [-0.15, -0.1) is 11.3 Å². The smallest absolute Gasteiger partial charge is 0.319 e. The van der Waals surface area contributed by atoms with Gasteiger partial charge >= 0.3 is 12.0 Å². The van der Waals surface area contributed by atoms with Crippen molar-refractivity contribution in [3.63, 3.8) is 0 Å².